The van der Waals surface area contributed by atoms with E-state index in [0.717, 1.165) is 16.5 Å². The van der Waals surface area contributed by atoms with Crippen LogP contribution in [-0.4, -0.2) is 11.1 Å². The van der Waals surface area contributed by atoms with Gasteiger partial charge in [-0.2, -0.15) is 0 Å². The summed E-state index contributed by atoms with van der Waals surface area (Å²) in [6, 6.07) is 15.7. The summed E-state index contributed by atoms with van der Waals surface area (Å²) in [5, 5.41) is 7.92. The fraction of sp³-hybridized carbons (Fsp3) is 0.222. The highest BCUT2D eigenvalue weighted by atomic mass is 16.5. The third kappa shape index (κ3) is 3.01. The smallest absolute Gasteiger partial charge is 0.226 e. The maximum atomic E-state index is 12.2. The van der Waals surface area contributed by atoms with E-state index in [-0.39, 0.29) is 18.4 Å². The Labute approximate surface area is 129 Å². The van der Waals surface area contributed by atoms with Crippen LogP contribution in [0.5, 0.6) is 0 Å². The zero-order chi connectivity index (χ0) is 15.5. The Bertz CT molecular complexity index is 793. The number of benzene rings is 2. The van der Waals surface area contributed by atoms with Crippen LogP contribution in [0.2, 0.25) is 0 Å². The highest BCUT2D eigenvalue weighted by Gasteiger charge is 2.14. The van der Waals surface area contributed by atoms with E-state index in [4.69, 9.17) is 4.52 Å². The predicted octanol–water partition coefficient (Wildman–Crippen LogP) is 3.56. The second kappa shape index (κ2) is 6.02. The number of carbonyl (C=O) groups excluding carboxylic acids is 1. The molecule has 1 amide bonds. The Morgan fingerprint density at radius 1 is 1.23 bits per heavy atom. The first-order valence-electron chi connectivity index (χ1n) is 7.32. The van der Waals surface area contributed by atoms with Gasteiger partial charge < -0.3 is 9.84 Å². The second-order valence-electron chi connectivity index (χ2n) is 5.51. The molecule has 0 aliphatic carbocycles. The number of carbonyl (C=O) groups is 1. The van der Waals surface area contributed by atoms with Crippen molar-refractivity contribution < 1.29 is 9.32 Å². The van der Waals surface area contributed by atoms with E-state index in [2.05, 4.69) is 10.5 Å². The van der Waals surface area contributed by atoms with Crippen molar-refractivity contribution in [1.29, 1.82) is 0 Å². The minimum absolute atomic E-state index is 0.0337. The Morgan fingerprint density at radius 3 is 2.77 bits per heavy atom. The average molecular weight is 294 g/mol. The molecule has 0 bridgehead atoms. The first-order chi connectivity index (χ1) is 10.6. The molecule has 4 heteroatoms. The standard InChI is InChI=1S/C18H18N2O2/c1-12-8-9-17-15(10-12)16(20-22-17)11-18(21)19-13(2)14-6-4-3-5-7-14/h3-10,13H,11H2,1-2H3,(H,19,21). The minimum Gasteiger partial charge on any atom is -0.356 e. The Balaban J connectivity index is 1.72. The molecule has 3 rings (SSSR count). The normalized spacial score (nSPS) is 12.3. The molecular formula is C18H18N2O2. The lowest BCUT2D eigenvalue weighted by molar-refractivity contribution is -0.121. The molecule has 0 saturated carbocycles. The van der Waals surface area contributed by atoms with Gasteiger partial charge in [-0.15, -0.1) is 0 Å². The molecule has 112 valence electrons. The van der Waals surface area contributed by atoms with Crippen molar-refractivity contribution in [3.63, 3.8) is 0 Å². The van der Waals surface area contributed by atoms with Crippen LogP contribution in [0.1, 0.15) is 29.8 Å². The summed E-state index contributed by atoms with van der Waals surface area (Å²) in [5.74, 6) is -0.0620. The number of hydrogen-bond donors (Lipinski definition) is 1. The summed E-state index contributed by atoms with van der Waals surface area (Å²) in [4.78, 5) is 12.2. The lowest BCUT2D eigenvalue weighted by atomic mass is 10.1. The van der Waals surface area contributed by atoms with Gasteiger partial charge >= 0.3 is 0 Å². The van der Waals surface area contributed by atoms with Crippen LogP contribution in [0.25, 0.3) is 11.0 Å². The van der Waals surface area contributed by atoms with E-state index >= 15 is 0 Å². The first-order valence-corrected chi connectivity index (χ1v) is 7.32. The largest absolute Gasteiger partial charge is 0.356 e. The van der Waals surface area contributed by atoms with Gasteiger partial charge in [0.1, 0.15) is 5.69 Å². The second-order valence-corrected chi connectivity index (χ2v) is 5.51. The number of fused-ring (bicyclic) bond motifs is 1. The molecule has 1 atom stereocenters. The van der Waals surface area contributed by atoms with Gasteiger partial charge in [0.05, 0.1) is 12.5 Å². The number of amides is 1. The lowest BCUT2D eigenvalue weighted by Gasteiger charge is -2.13. The van der Waals surface area contributed by atoms with Gasteiger partial charge in [-0.3, -0.25) is 4.79 Å². The van der Waals surface area contributed by atoms with Gasteiger partial charge in [0.15, 0.2) is 5.58 Å². The molecule has 0 saturated heterocycles. The fourth-order valence-electron chi connectivity index (χ4n) is 2.50. The van der Waals surface area contributed by atoms with Crippen molar-refractivity contribution in [2.75, 3.05) is 0 Å². The number of aryl methyl sites for hydroxylation is 1. The molecule has 0 radical (unpaired) electrons. The highest BCUT2D eigenvalue weighted by molar-refractivity contribution is 5.86. The van der Waals surface area contributed by atoms with Crippen molar-refractivity contribution in [3.8, 4) is 0 Å². The third-order valence-corrected chi connectivity index (χ3v) is 3.71. The first kappa shape index (κ1) is 14.3. The van der Waals surface area contributed by atoms with Gasteiger partial charge in [-0.1, -0.05) is 47.1 Å². The fourth-order valence-corrected chi connectivity index (χ4v) is 2.50. The molecular weight excluding hydrogens is 276 g/mol. The van der Waals surface area contributed by atoms with E-state index < -0.39 is 0 Å². The maximum Gasteiger partial charge on any atom is 0.226 e. The monoisotopic (exact) mass is 294 g/mol. The summed E-state index contributed by atoms with van der Waals surface area (Å²) in [7, 11) is 0. The lowest BCUT2D eigenvalue weighted by Crippen LogP contribution is -2.28. The number of rotatable bonds is 4. The summed E-state index contributed by atoms with van der Waals surface area (Å²) in [6.07, 6.45) is 0.216. The average Bonchev–Trinajstić information content (AvgIpc) is 2.90. The molecule has 4 nitrogen and oxygen atoms in total. The van der Waals surface area contributed by atoms with E-state index in [1.165, 1.54) is 0 Å². The molecule has 0 spiro atoms. The van der Waals surface area contributed by atoms with Crippen LogP contribution in [0.3, 0.4) is 0 Å². The Morgan fingerprint density at radius 2 is 2.00 bits per heavy atom. The topological polar surface area (TPSA) is 55.1 Å². The zero-order valence-corrected chi connectivity index (χ0v) is 12.7. The minimum atomic E-state index is -0.0620. The number of nitrogens with zero attached hydrogens (tertiary/aromatic N) is 1. The van der Waals surface area contributed by atoms with Crippen LogP contribution in [0.15, 0.2) is 53.1 Å². The van der Waals surface area contributed by atoms with E-state index in [9.17, 15) is 4.79 Å². The number of hydrogen-bond acceptors (Lipinski definition) is 3. The molecule has 3 aromatic rings. The highest BCUT2D eigenvalue weighted by Crippen LogP contribution is 2.20. The van der Waals surface area contributed by atoms with Gasteiger partial charge in [-0.25, -0.2) is 0 Å². The van der Waals surface area contributed by atoms with Gasteiger partial charge in [0, 0.05) is 5.39 Å². The van der Waals surface area contributed by atoms with Crippen molar-refractivity contribution >= 4 is 16.9 Å². The molecule has 0 aliphatic rings. The van der Waals surface area contributed by atoms with Crippen LogP contribution in [0.4, 0.5) is 0 Å². The summed E-state index contributed by atoms with van der Waals surface area (Å²) < 4.78 is 5.26. The molecule has 1 heterocycles. The van der Waals surface area contributed by atoms with Crippen LogP contribution in [0, 0.1) is 6.92 Å². The molecule has 1 aromatic heterocycles. The number of aromatic nitrogens is 1. The number of nitrogens with one attached hydrogen (secondary N) is 1. The Kier molecular flexibility index (Phi) is 3.92. The molecule has 2 aromatic carbocycles. The van der Waals surface area contributed by atoms with Crippen LogP contribution >= 0.6 is 0 Å². The van der Waals surface area contributed by atoms with Gasteiger partial charge in [-0.05, 0) is 31.5 Å². The predicted molar refractivity (Wildman–Crippen MR) is 85.4 cm³/mol. The zero-order valence-electron chi connectivity index (χ0n) is 12.7. The van der Waals surface area contributed by atoms with Gasteiger partial charge in [0.25, 0.3) is 0 Å². The van der Waals surface area contributed by atoms with E-state index in [1.807, 2.05) is 62.4 Å². The molecule has 0 fully saturated rings. The van der Waals surface area contributed by atoms with Crippen molar-refractivity contribution in [1.82, 2.24) is 10.5 Å². The van der Waals surface area contributed by atoms with Crippen molar-refractivity contribution in [2.24, 2.45) is 0 Å². The van der Waals surface area contributed by atoms with Crippen molar-refractivity contribution in [3.05, 3.63) is 65.4 Å². The molecule has 1 unspecified atom stereocenters. The van der Waals surface area contributed by atoms with Crippen molar-refractivity contribution in [2.45, 2.75) is 26.3 Å². The summed E-state index contributed by atoms with van der Waals surface area (Å²) >= 11 is 0. The third-order valence-electron chi connectivity index (χ3n) is 3.71. The summed E-state index contributed by atoms with van der Waals surface area (Å²) in [6.45, 7) is 3.98. The SMILES string of the molecule is Cc1ccc2onc(CC(=O)NC(C)c3ccccc3)c2c1. The van der Waals surface area contributed by atoms with Crippen LogP contribution in [-0.2, 0) is 11.2 Å². The van der Waals surface area contributed by atoms with Gasteiger partial charge in [0.2, 0.25) is 5.91 Å². The van der Waals surface area contributed by atoms with Crippen LogP contribution < -0.4 is 5.32 Å². The Hall–Kier alpha value is -2.62. The molecule has 0 aliphatic heterocycles. The quantitative estimate of drug-likeness (QED) is 0.800. The summed E-state index contributed by atoms with van der Waals surface area (Å²) in [5.41, 5.74) is 3.59. The molecule has 22 heavy (non-hydrogen) atoms. The van der Waals surface area contributed by atoms with E-state index in [0.29, 0.717) is 11.3 Å². The van der Waals surface area contributed by atoms with E-state index in [1.54, 1.807) is 0 Å². The maximum absolute atomic E-state index is 12.2. The molecule has 1 N–H and O–H groups in total.